The molecule has 2 aliphatic rings. The summed E-state index contributed by atoms with van der Waals surface area (Å²) in [5.74, 6) is 2.97. The lowest BCUT2D eigenvalue weighted by Crippen LogP contribution is -2.43. The second kappa shape index (κ2) is 12.2. The van der Waals surface area contributed by atoms with Gasteiger partial charge in [0.1, 0.15) is 28.8 Å². The van der Waals surface area contributed by atoms with E-state index in [-0.39, 0.29) is 5.91 Å². The number of rotatable bonds is 10. The van der Waals surface area contributed by atoms with E-state index in [1.807, 2.05) is 27.8 Å². The van der Waals surface area contributed by atoms with Crippen molar-refractivity contribution in [2.45, 2.75) is 25.4 Å². The molecule has 1 aromatic carbocycles. The molecule has 0 saturated carbocycles. The largest absolute Gasteiger partial charge is 0.493 e. The van der Waals surface area contributed by atoms with Crippen LogP contribution in [0.3, 0.4) is 0 Å². The second-order valence-electron chi connectivity index (χ2n) is 10.8. The number of nitrogens with one attached hydrogen (secondary N) is 1. The van der Waals surface area contributed by atoms with Gasteiger partial charge in [-0.15, -0.1) is 11.3 Å². The summed E-state index contributed by atoms with van der Waals surface area (Å²) in [5, 5.41) is 4.33. The Morgan fingerprint density at radius 2 is 1.79 bits per heavy atom. The van der Waals surface area contributed by atoms with Crippen LogP contribution in [0.4, 0.5) is 17.6 Å². The van der Waals surface area contributed by atoms with E-state index in [0.717, 1.165) is 55.0 Å². The van der Waals surface area contributed by atoms with E-state index in [0.29, 0.717) is 47.8 Å². The Morgan fingerprint density at radius 3 is 2.47 bits per heavy atom. The van der Waals surface area contributed by atoms with Crippen LogP contribution in [0.5, 0.6) is 17.2 Å². The van der Waals surface area contributed by atoms with Crippen LogP contribution in [0.2, 0.25) is 0 Å². The lowest BCUT2D eigenvalue weighted by atomic mass is 10.2. The molecule has 6 rings (SSSR count). The molecule has 2 saturated heterocycles. The van der Waals surface area contributed by atoms with Gasteiger partial charge in [0.25, 0.3) is 0 Å². The van der Waals surface area contributed by atoms with Crippen molar-refractivity contribution >= 4 is 45.0 Å². The van der Waals surface area contributed by atoms with Crippen LogP contribution in [-0.4, -0.2) is 102 Å². The third-order valence-electron chi connectivity index (χ3n) is 8.02. The zero-order valence-electron chi connectivity index (χ0n) is 24.9. The van der Waals surface area contributed by atoms with Crippen LogP contribution < -0.4 is 30.2 Å². The van der Waals surface area contributed by atoms with E-state index in [1.165, 1.54) is 4.88 Å². The summed E-state index contributed by atoms with van der Waals surface area (Å²) >= 11 is 1.66. The quantitative estimate of drug-likeness (QED) is 0.275. The number of likely N-dealkylation sites (N-methyl/N-ethyl adjacent to an activating group) is 1. The molecule has 5 heterocycles. The maximum Gasteiger partial charge on any atom is 0.240 e. The number of thiophene rings is 1. The van der Waals surface area contributed by atoms with Crippen molar-refractivity contribution in [1.29, 1.82) is 0 Å². The molecule has 2 fully saturated rings. The van der Waals surface area contributed by atoms with Gasteiger partial charge in [-0.25, -0.2) is 9.97 Å². The van der Waals surface area contributed by atoms with E-state index in [9.17, 15) is 4.79 Å². The number of carbonyl (C=O) groups excluding carboxylic acids is 1. The van der Waals surface area contributed by atoms with Gasteiger partial charge in [0.15, 0.2) is 11.5 Å². The van der Waals surface area contributed by atoms with Crippen molar-refractivity contribution in [3.8, 4) is 22.9 Å². The highest BCUT2D eigenvalue weighted by atomic mass is 32.1. The van der Waals surface area contributed by atoms with E-state index in [2.05, 4.69) is 33.2 Å². The molecule has 14 heteroatoms. The van der Waals surface area contributed by atoms with Crippen molar-refractivity contribution < 1.29 is 19.0 Å². The number of hydrogen-bond donors (Lipinski definition) is 2. The summed E-state index contributed by atoms with van der Waals surface area (Å²) in [6, 6.07) is 5.45. The Labute approximate surface area is 254 Å². The Balaban J connectivity index is 1.34. The molecule has 4 aromatic rings. The number of amides is 1. The van der Waals surface area contributed by atoms with Gasteiger partial charge in [-0.2, -0.15) is 4.98 Å². The molecule has 43 heavy (non-hydrogen) atoms. The zero-order chi connectivity index (χ0) is 30.1. The molecule has 0 spiro atoms. The fourth-order valence-electron chi connectivity index (χ4n) is 5.66. The highest BCUT2D eigenvalue weighted by Crippen LogP contribution is 2.40. The van der Waals surface area contributed by atoms with Gasteiger partial charge >= 0.3 is 0 Å². The van der Waals surface area contributed by atoms with E-state index in [4.69, 9.17) is 29.9 Å². The fourth-order valence-corrected chi connectivity index (χ4v) is 6.72. The highest BCUT2D eigenvalue weighted by molar-refractivity contribution is 7.18. The smallest absolute Gasteiger partial charge is 0.240 e. The predicted molar refractivity (Wildman–Crippen MR) is 166 cm³/mol. The maximum absolute atomic E-state index is 12.2. The number of fused-ring (bicyclic) bond motifs is 1. The number of methoxy groups -OCH3 is 3. The standard InChI is InChI=1S/C29H37N9O4S/c1-35-8-10-36(11-9-35)15-19-14-20-27(33-29(34-28(20)43-19)38-7-5-6-21(38)26(30)39)32-24-16-37(17-31-24)18-12-22(40-2)25(42-4)23(13-18)41-3/h12-14,16-17,21H,5-11,15H2,1-4H3,(H2,30,39)(H,32,33,34)/t21-/m0/s1. The molecule has 3 aromatic heterocycles. The Kier molecular flexibility index (Phi) is 8.23. The lowest BCUT2D eigenvalue weighted by molar-refractivity contribution is -0.119. The van der Waals surface area contributed by atoms with Crippen LogP contribution in [-0.2, 0) is 11.3 Å². The Morgan fingerprint density at radius 1 is 1.05 bits per heavy atom. The van der Waals surface area contributed by atoms with Crippen LogP contribution in [0.1, 0.15) is 17.7 Å². The first kappa shape index (κ1) is 29.0. The van der Waals surface area contributed by atoms with Gasteiger partial charge in [-0.05, 0) is 26.0 Å². The van der Waals surface area contributed by atoms with Gasteiger partial charge in [0, 0.05) is 56.3 Å². The predicted octanol–water partition coefficient (Wildman–Crippen LogP) is 2.85. The van der Waals surface area contributed by atoms with Gasteiger partial charge in [0.2, 0.25) is 17.6 Å². The highest BCUT2D eigenvalue weighted by Gasteiger charge is 2.32. The number of primary amides is 1. The molecule has 0 bridgehead atoms. The fraction of sp³-hybridized carbons (Fsp3) is 0.448. The Bertz CT molecular complexity index is 1590. The molecular formula is C29H37N9O4S. The molecular weight excluding hydrogens is 570 g/mol. The van der Waals surface area contributed by atoms with Gasteiger partial charge < -0.3 is 39.6 Å². The summed E-state index contributed by atoms with van der Waals surface area (Å²) in [4.78, 5) is 35.5. The van der Waals surface area contributed by atoms with Crippen molar-refractivity contribution in [3.05, 3.63) is 35.6 Å². The maximum atomic E-state index is 12.2. The topological polar surface area (TPSA) is 136 Å². The number of carbonyl (C=O) groups is 1. The minimum absolute atomic E-state index is 0.360. The number of imidazole rings is 1. The molecule has 1 amide bonds. The van der Waals surface area contributed by atoms with E-state index < -0.39 is 6.04 Å². The zero-order valence-corrected chi connectivity index (χ0v) is 25.7. The average Bonchev–Trinajstić information content (AvgIpc) is 3.77. The van der Waals surface area contributed by atoms with Gasteiger partial charge in [0.05, 0.1) is 38.6 Å². The summed E-state index contributed by atoms with van der Waals surface area (Å²) in [6.45, 7) is 5.69. The molecule has 13 nitrogen and oxygen atoms in total. The summed E-state index contributed by atoms with van der Waals surface area (Å²) in [6.07, 6.45) is 5.13. The van der Waals surface area contributed by atoms with Gasteiger partial charge in [-0.1, -0.05) is 0 Å². The first-order chi connectivity index (χ1) is 20.9. The molecule has 228 valence electrons. The van der Waals surface area contributed by atoms with Gasteiger partial charge in [-0.3, -0.25) is 9.69 Å². The lowest BCUT2D eigenvalue weighted by Gasteiger charge is -2.31. The van der Waals surface area contributed by atoms with Crippen molar-refractivity contribution in [2.24, 2.45) is 5.73 Å². The number of nitrogens with two attached hydrogens (primary N) is 1. The van der Waals surface area contributed by atoms with Crippen LogP contribution >= 0.6 is 11.3 Å². The first-order valence-electron chi connectivity index (χ1n) is 14.3. The minimum Gasteiger partial charge on any atom is -0.493 e. The number of benzene rings is 1. The molecule has 0 unspecified atom stereocenters. The number of ether oxygens (including phenoxy) is 3. The summed E-state index contributed by atoms with van der Waals surface area (Å²) in [7, 11) is 6.90. The molecule has 0 radical (unpaired) electrons. The number of hydrogen-bond acceptors (Lipinski definition) is 12. The van der Waals surface area contributed by atoms with Crippen molar-refractivity contribution in [3.63, 3.8) is 0 Å². The van der Waals surface area contributed by atoms with E-state index in [1.54, 1.807) is 39.0 Å². The number of piperazine rings is 1. The monoisotopic (exact) mass is 607 g/mol. The number of aromatic nitrogens is 4. The van der Waals surface area contributed by atoms with Crippen LogP contribution in [0.25, 0.3) is 15.9 Å². The molecule has 0 aliphatic carbocycles. The Hall–Kier alpha value is -4.14. The average molecular weight is 608 g/mol. The number of anilines is 3. The number of nitrogens with zero attached hydrogens (tertiary/aromatic N) is 7. The third-order valence-corrected chi connectivity index (χ3v) is 9.04. The normalized spacial score (nSPS) is 17.9. The third kappa shape index (κ3) is 5.90. The summed E-state index contributed by atoms with van der Waals surface area (Å²) in [5.41, 5.74) is 6.53. The SMILES string of the molecule is COc1cc(-n2cnc(Nc3nc(N4CCC[C@H]4C(N)=O)nc4sc(CN5CCN(C)CC5)cc34)c2)cc(OC)c1OC. The van der Waals surface area contributed by atoms with Crippen molar-refractivity contribution in [1.82, 2.24) is 29.3 Å². The molecule has 3 N–H and O–H groups in total. The van der Waals surface area contributed by atoms with Crippen molar-refractivity contribution in [2.75, 3.05) is 71.3 Å². The van der Waals surface area contributed by atoms with Crippen LogP contribution in [0, 0.1) is 0 Å². The summed E-state index contributed by atoms with van der Waals surface area (Å²) < 4.78 is 18.4. The first-order valence-corrected chi connectivity index (χ1v) is 15.1. The van der Waals surface area contributed by atoms with Crippen LogP contribution in [0.15, 0.2) is 30.7 Å². The molecule has 2 aliphatic heterocycles. The second-order valence-corrected chi connectivity index (χ2v) is 11.9. The van der Waals surface area contributed by atoms with E-state index >= 15 is 0 Å². The molecule has 1 atom stereocenters. The minimum atomic E-state index is -0.422.